The van der Waals surface area contributed by atoms with E-state index in [1.54, 1.807) is 18.8 Å². The van der Waals surface area contributed by atoms with Crippen molar-refractivity contribution in [2.24, 2.45) is 0 Å². The number of hydrogen-bond acceptors (Lipinski definition) is 7. The van der Waals surface area contributed by atoms with E-state index in [-0.39, 0.29) is 5.56 Å². The molecule has 0 atom stereocenters. The zero-order valence-electron chi connectivity index (χ0n) is 15.9. The van der Waals surface area contributed by atoms with Gasteiger partial charge in [0.05, 0.1) is 25.6 Å². The number of aromatic nitrogens is 3. The summed E-state index contributed by atoms with van der Waals surface area (Å²) in [5.74, 6) is 1.30. The van der Waals surface area contributed by atoms with Crippen molar-refractivity contribution in [3.05, 3.63) is 62.8 Å². The van der Waals surface area contributed by atoms with Crippen molar-refractivity contribution in [3.8, 4) is 22.9 Å². The molecule has 0 spiro atoms. The highest BCUT2D eigenvalue weighted by Crippen LogP contribution is 2.30. The monoisotopic (exact) mass is 443 g/mol. The Hall–Kier alpha value is -2.62. The van der Waals surface area contributed by atoms with Gasteiger partial charge in [-0.3, -0.25) is 13.9 Å². The van der Waals surface area contributed by atoms with Crippen LogP contribution in [0.25, 0.3) is 21.7 Å². The van der Waals surface area contributed by atoms with Crippen LogP contribution in [-0.4, -0.2) is 34.6 Å². The Morgan fingerprint density at radius 1 is 1.07 bits per heavy atom. The molecule has 9 heteroatoms. The molecule has 0 saturated carbocycles. The summed E-state index contributed by atoms with van der Waals surface area (Å²) in [6.07, 6.45) is 1.89. The predicted octanol–water partition coefficient (Wildman–Crippen LogP) is 4.71. The maximum absolute atomic E-state index is 13.5. The van der Waals surface area contributed by atoms with E-state index in [1.165, 1.54) is 23.1 Å². The van der Waals surface area contributed by atoms with Gasteiger partial charge in [-0.05, 0) is 42.7 Å². The van der Waals surface area contributed by atoms with E-state index in [2.05, 4.69) is 0 Å². The molecule has 0 bridgehead atoms. The SMILES string of the molecule is COc1cccc(-n2c(=S)sc3c(=O)n(-c4ccccc4OC)c(SC)nc32)c1. The van der Waals surface area contributed by atoms with Crippen LogP contribution in [0.15, 0.2) is 58.5 Å². The topological polar surface area (TPSA) is 58.3 Å². The molecule has 0 N–H and O–H groups in total. The normalized spacial score (nSPS) is 11.0. The number of thiazole rings is 1. The number of thioether (sulfide) groups is 1. The molecule has 4 rings (SSSR count). The fourth-order valence-corrected chi connectivity index (χ4v) is 4.92. The summed E-state index contributed by atoms with van der Waals surface area (Å²) in [5.41, 5.74) is 1.80. The average molecular weight is 444 g/mol. The Labute approximate surface area is 180 Å². The van der Waals surface area contributed by atoms with Crippen molar-refractivity contribution >= 4 is 45.7 Å². The molecular formula is C20H17N3O3S3. The van der Waals surface area contributed by atoms with E-state index in [4.69, 9.17) is 26.7 Å². The summed E-state index contributed by atoms with van der Waals surface area (Å²) in [7, 11) is 3.19. The van der Waals surface area contributed by atoms with E-state index in [0.717, 1.165) is 5.69 Å². The third kappa shape index (κ3) is 3.35. The molecule has 0 aliphatic carbocycles. The Morgan fingerprint density at radius 2 is 1.86 bits per heavy atom. The molecular weight excluding hydrogens is 426 g/mol. The fraction of sp³-hybridized carbons (Fsp3) is 0.150. The number of benzene rings is 2. The minimum atomic E-state index is -0.179. The lowest BCUT2D eigenvalue weighted by Crippen LogP contribution is -2.22. The predicted molar refractivity (Wildman–Crippen MR) is 120 cm³/mol. The number of para-hydroxylation sites is 2. The van der Waals surface area contributed by atoms with Crippen LogP contribution in [0.4, 0.5) is 0 Å². The summed E-state index contributed by atoms with van der Waals surface area (Å²) in [6, 6.07) is 14.9. The fourth-order valence-electron chi connectivity index (χ4n) is 3.08. The van der Waals surface area contributed by atoms with Gasteiger partial charge in [0.2, 0.25) is 0 Å². The second kappa shape index (κ2) is 8.02. The van der Waals surface area contributed by atoms with Crippen molar-refractivity contribution in [2.75, 3.05) is 20.5 Å². The van der Waals surface area contributed by atoms with Crippen LogP contribution in [0.1, 0.15) is 0 Å². The van der Waals surface area contributed by atoms with E-state index < -0.39 is 0 Å². The Balaban J connectivity index is 2.06. The lowest BCUT2D eigenvalue weighted by atomic mass is 10.3. The van der Waals surface area contributed by atoms with Gasteiger partial charge in [0.25, 0.3) is 5.56 Å². The summed E-state index contributed by atoms with van der Waals surface area (Å²) in [6.45, 7) is 0. The Kier molecular flexibility index (Phi) is 5.44. The van der Waals surface area contributed by atoms with Crippen LogP contribution < -0.4 is 15.0 Å². The number of fused-ring (bicyclic) bond motifs is 1. The highest BCUT2D eigenvalue weighted by molar-refractivity contribution is 7.98. The van der Waals surface area contributed by atoms with Crippen molar-refractivity contribution in [1.82, 2.24) is 14.1 Å². The van der Waals surface area contributed by atoms with Gasteiger partial charge in [0.15, 0.2) is 14.8 Å². The number of rotatable bonds is 5. The standard InChI is InChI=1S/C20H17N3O3S3/c1-25-13-8-6-7-12(11-13)22-17-16(29-20(22)27)18(24)23(19(21-17)28-3)14-9-4-5-10-15(14)26-2/h4-11H,1-3H3. The van der Waals surface area contributed by atoms with Crippen LogP contribution in [-0.2, 0) is 0 Å². The van der Waals surface area contributed by atoms with Gasteiger partial charge in [-0.2, -0.15) is 0 Å². The first-order valence-corrected chi connectivity index (χ1v) is 11.0. The largest absolute Gasteiger partial charge is 0.497 e. The highest BCUT2D eigenvalue weighted by atomic mass is 32.2. The molecule has 2 aromatic carbocycles. The van der Waals surface area contributed by atoms with Gasteiger partial charge in [-0.1, -0.05) is 41.3 Å². The van der Waals surface area contributed by atoms with Crippen LogP contribution in [0.3, 0.4) is 0 Å². The highest BCUT2D eigenvalue weighted by Gasteiger charge is 2.20. The van der Waals surface area contributed by atoms with E-state index in [1.807, 2.05) is 59.4 Å². The van der Waals surface area contributed by atoms with E-state index in [0.29, 0.717) is 36.6 Å². The zero-order chi connectivity index (χ0) is 20.5. The molecule has 0 fully saturated rings. The van der Waals surface area contributed by atoms with Crippen molar-refractivity contribution in [2.45, 2.75) is 5.16 Å². The number of ether oxygens (including phenoxy) is 2. The molecule has 6 nitrogen and oxygen atoms in total. The smallest absolute Gasteiger partial charge is 0.278 e. The molecule has 2 heterocycles. The maximum Gasteiger partial charge on any atom is 0.278 e. The van der Waals surface area contributed by atoms with Crippen LogP contribution >= 0.6 is 35.3 Å². The molecule has 0 amide bonds. The second-order valence-electron chi connectivity index (χ2n) is 5.97. The third-order valence-corrected chi connectivity index (χ3v) is 6.39. The summed E-state index contributed by atoms with van der Waals surface area (Å²) in [5, 5.41) is 0.552. The van der Waals surface area contributed by atoms with Crippen LogP contribution in [0.5, 0.6) is 11.5 Å². The molecule has 0 aliphatic heterocycles. The van der Waals surface area contributed by atoms with Gasteiger partial charge in [0.1, 0.15) is 16.2 Å². The third-order valence-electron chi connectivity index (χ3n) is 4.40. The minimum Gasteiger partial charge on any atom is -0.497 e. The first-order chi connectivity index (χ1) is 14.1. The molecule has 2 aromatic heterocycles. The number of methoxy groups -OCH3 is 2. The van der Waals surface area contributed by atoms with Crippen molar-refractivity contribution in [1.29, 1.82) is 0 Å². The molecule has 29 heavy (non-hydrogen) atoms. The molecule has 148 valence electrons. The first-order valence-electron chi connectivity index (χ1n) is 8.59. The lowest BCUT2D eigenvalue weighted by molar-refractivity contribution is 0.411. The van der Waals surface area contributed by atoms with Gasteiger partial charge in [-0.25, -0.2) is 4.98 Å². The van der Waals surface area contributed by atoms with Gasteiger partial charge in [0, 0.05) is 6.07 Å². The molecule has 0 radical (unpaired) electrons. The quantitative estimate of drug-likeness (QED) is 0.253. The number of nitrogens with zero attached hydrogens (tertiary/aromatic N) is 3. The summed E-state index contributed by atoms with van der Waals surface area (Å²) in [4.78, 5) is 18.3. The van der Waals surface area contributed by atoms with Crippen LogP contribution in [0.2, 0.25) is 0 Å². The lowest BCUT2D eigenvalue weighted by Gasteiger charge is -2.14. The van der Waals surface area contributed by atoms with Crippen molar-refractivity contribution < 1.29 is 9.47 Å². The Bertz CT molecular complexity index is 1320. The summed E-state index contributed by atoms with van der Waals surface area (Å²) >= 11 is 8.22. The number of hydrogen-bond donors (Lipinski definition) is 0. The minimum absolute atomic E-state index is 0.179. The zero-order valence-corrected chi connectivity index (χ0v) is 18.4. The van der Waals surface area contributed by atoms with Gasteiger partial charge in [-0.15, -0.1) is 0 Å². The van der Waals surface area contributed by atoms with E-state index in [9.17, 15) is 4.79 Å². The summed E-state index contributed by atoms with van der Waals surface area (Å²) < 4.78 is 15.2. The Morgan fingerprint density at radius 3 is 2.59 bits per heavy atom. The van der Waals surface area contributed by atoms with Crippen molar-refractivity contribution in [3.63, 3.8) is 0 Å². The first kappa shape index (κ1) is 19.7. The average Bonchev–Trinajstić information content (AvgIpc) is 3.09. The molecule has 0 saturated heterocycles. The van der Waals surface area contributed by atoms with Gasteiger partial charge >= 0.3 is 0 Å². The molecule has 0 aliphatic rings. The molecule has 0 unspecified atom stereocenters. The maximum atomic E-state index is 13.5. The molecule has 4 aromatic rings. The van der Waals surface area contributed by atoms with Crippen LogP contribution in [0, 0.1) is 3.95 Å². The second-order valence-corrected chi connectivity index (χ2v) is 8.39. The van der Waals surface area contributed by atoms with Gasteiger partial charge < -0.3 is 9.47 Å². The van der Waals surface area contributed by atoms with E-state index >= 15 is 0 Å².